The molecule has 37 heavy (non-hydrogen) atoms. The maximum atomic E-state index is 14.5. The highest BCUT2D eigenvalue weighted by atomic mass is 19.1. The van der Waals surface area contributed by atoms with Gasteiger partial charge in [-0.15, -0.1) is 0 Å². The lowest BCUT2D eigenvalue weighted by atomic mass is 9.85. The van der Waals surface area contributed by atoms with E-state index in [2.05, 4.69) is 25.6 Å². The lowest BCUT2D eigenvalue weighted by Gasteiger charge is -2.33. The van der Waals surface area contributed by atoms with Gasteiger partial charge in [0.25, 0.3) is 0 Å². The molecule has 2 N–H and O–H groups in total. The van der Waals surface area contributed by atoms with Crippen molar-refractivity contribution in [3.05, 3.63) is 36.0 Å². The number of amides is 1. The summed E-state index contributed by atoms with van der Waals surface area (Å²) in [6, 6.07) is 3.78. The van der Waals surface area contributed by atoms with Crippen molar-refractivity contribution in [2.45, 2.75) is 58.5 Å². The highest BCUT2D eigenvalue weighted by molar-refractivity contribution is 5.79. The molecule has 2 heterocycles. The zero-order valence-corrected chi connectivity index (χ0v) is 21.8. The molecule has 1 fully saturated rings. The number of carbonyl (C=O) groups excluding carboxylic acids is 1. The first kappa shape index (κ1) is 26.7. The van der Waals surface area contributed by atoms with Gasteiger partial charge in [0.05, 0.1) is 12.8 Å². The van der Waals surface area contributed by atoms with Gasteiger partial charge >= 0.3 is 0 Å². The lowest BCUT2D eigenvalue weighted by Crippen LogP contribution is -2.39. The van der Waals surface area contributed by atoms with Gasteiger partial charge < -0.3 is 20.3 Å². The van der Waals surface area contributed by atoms with E-state index in [1.807, 2.05) is 30.2 Å². The number of fused-ring (bicyclic) bond motifs is 1. The molecule has 3 aromatic rings. The van der Waals surface area contributed by atoms with Gasteiger partial charge in [-0.25, -0.2) is 18.7 Å². The molecule has 9 nitrogen and oxygen atoms in total. The number of nitrogens with one attached hydrogen (secondary N) is 2. The van der Waals surface area contributed by atoms with Crippen LogP contribution in [0.25, 0.3) is 11.2 Å². The maximum Gasteiger partial charge on any atom is 0.225 e. The smallest absolute Gasteiger partial charge is 0.225 e. The molecule has 0 aliphatic heterocycles. The Hall–Kier alpha value is -3.34. The predicted octanol–water partition coefficient (Wildman–Crippen LogP) is 4.89. The number of imidazole rings is 1. The van der Waals surface area contributed by atoms with Gasteiger partial charge in [0, 0.05) is 38.2 Å². The number of hydrogen-bond acceptors (Lipinski definition) is 7. The number of halogens is 2. The zero-order chi connectivity index (χ0) is 26.5. The molecule has 200 valence electrons. The first-order valence-electron chi connectivity index (χ1n) is 12.8. The van der Waals surface area contributed by atoms with Crippen molar-refractivity contribution in [3.63, 3.8) is 0 Å². The summed E-state index contributed by atoms with van der Waals surface area (Å²) in [6.45, 7) is 7.66. The standard InChI is InChI=1S/C26H35F2N7O2/c1-5-34(13-14-37-4)24(36)17-9-11-18(12-10-17)35-23-21(15-29-25(33-23)30-16(2)3)31-26(35)32-22-19(27)7-6-8-20(22)28/h6-8,15-18H,5,9-14H2,1-4H3,(H,31,32)(H,29,30,33). The first-order chi connectivity index (χ1) is 17.8. The van der Waals surface area contributed by atoms with Crippen LogP contribution in [0, 0.1) is 17.6 Å². The van der Waals surface area contributed by atoms with E-state index in [4.69, 9.17) is 4.74 Å². The average molecular weight is 516 g/mol. The molecule has 0 unspecified atom stereocenters. The van der Waals surface area contributed by atoms with Crippen LogP contribution in [0.2, 0.25) is 0 Å². The number of para-hydroxylation sites is 1. The Kier molecular flexibility index (Phi) is 8.52. The van der Waals surface area contributed by atoms with Crippen LogP contribution in [0.15, 0.2) is 24.4 Å². The summed E-state index contributed by atoms with van der Waals surface area (Å²) >= 11 is 0. The van der Waals surface area contributed by atoms with Crippen LogP contribution in [0.1, 0.15) is 52.5 Å². The van der Waals surface area contributed by atoms with Gasteiger partial charge in [-0.2, -0.15) is 4.98 Å². The summed E-state index contributed by atoms with van der Waals surface area (Å²) in [5.74, 6) is -0.608. The monoisotopic (exact) mass is 515 g/mol. The summed E-state index contributed by atoms with van der Waals surface area (Å²) in [6.07, 6.45) is 4.41. The van der Waals surface area contributed by atoms with Crippen molar-refractivity contribution in [2.75, 3.05) is 37.4 Å². The number of methoxy groups -OCH3 is 1. The van der Waals surface area contributed by atoms with Gasteiger partial charge in [0.15, 0.2) is 5.65 Å². The molecule has 0 atom stereocenters. The van der Waals surface area contributed by atoms with Gasteiger partial charge in [0.2, 0.25) is 17.8 Å². The van der Waals surface area contributed by atoms with Crippen molar-refractivity contribution >= 4 is 34.7 Å². The Morgan fingerprint density at radius 3 is 2.51 bits per heavy atom. The van der Waals surface area contributed by atoms with Crippen LogP contribution in [-0.2, 0) is 9.53 Å². The van der Waals surface area contributed by atoms with E-state index < -0.39 is 11.6 Å². The van der Waals surface area contributed by atoms with Crippen molar-refractivity contribution in [3.8, 4) is 0 Å². The van der Waals surface area contributed by atoms with Gasteiger partial charge in [-0.3, -0.25) is 9.36 Å². The van der Waals surface area contributed by atoms with Crippen molar-refractivity contribution in [1.82, 2.24) is 24.4 Å². The quantitative estimate of drug-likeness (QED) is 0.397. The van der Waals surface area contributed by atoms with E-state index in [9.17, 15) is 13.6 Å². The molecular formula is C26H35F2N7O2. The molecule has 0 saturated heterocycles. The summed E-state index contributed by atoms with van der Waals surface area (Å²) in [5, 5.41) is 6.06. The van der Waals surface area contributed by atoms with Crippen LogP contribution in [0.3, 0.4) is 0 Å². The Labute approximate surface area is 215 Å². The molecule has 1 amide bonds. The molecule has 1 aliphatic carbocycles. The van der Waals surface area contributed by atoms with Crippen LogP contribution < -0.4 is 10.6 Å². The SMILES string of the molecule is CCN(CCOC)C(=O)C1CCC(n2c(Nc3c(F)cccc3F)nc3cnc(NC(C)C)nc32)CC1. The molecular weight excluding hydrogens is 480 g/mol. The topological polar surface area (TPSA) is 97.2 Å². The third-order valence-corrected chi connectivity index (χ3v) is 6.72. The summed E-state index contributed by atoms with van der Waals surface area (Å²) < 4.78 is 36.0. The number of hydrogen-bond donors (Lipinski definition) is 2. The van der Waals surface area contributed by atoms with Gasteiger partial charge in [0.1, 0.15) is 22.8 Å². The predicted molar refractivity (Wildman–Crippen MR) is 139 cm³/mol. The Morgan fingerprint density at radius 1 is 1.19 bits per heavy atom. The minimum atomic E-state index is -0.711. The molecule has 1 aliphatic rings. The average Bonchev–Trinajstić information content (AvgIpc) is 3.23. The number of nitrogens with zero attached hydrogens (tertiary/aromatic N) is 5. The van der Waals surface area contributed by atoms with Gasteiger partial charge in [-0.05, 0) is 58.6 Å². The number of benzene rings is 1. The highest BCUT2D eigenvalue weighted by Crippen LogP contribution is 2.38. The molecule has 1 saturated carbocycles. The second-order valence-corrected chi connectivity index (χ2v) is 9.64. The molecule has 0 bridgehead atoms. The summed E-state index contributed by atoms with van der Waals surface area (Å²) in [7, 11) is 1.63. The molecule has 2 aromatic heterocycles. The first-order valence-corrected chi connectivity index (χ1v) is 12.8. The highest BCUT2D eigenvalue weighted by Gasteiger charge is 2.32. The van der Waals surface area contributed by atoms with E-state index in [-0.39, 0.29) is 29.6 Å². The second-order valence-electron chi connectivity index (χ2n) is 9.64. The van der Waals surface area contributed by atoms with E-state index in [1.54, 1.807) is 13.3 Å². The molecule has 11 heteroatoms. The molecule has 0 spiro atoms. The molecule has 0 radical (unpaired) electrons. The fourth-order valence-electron chi connectivity index (χ4n) is 4.85. The van der Waals surface area contributed by atoms with Gasteiger partial charge in [-0.1, -0.05) is 6.07 Å². The molecule has 1 aromatic carbocycles. The third kappa shape index (κ3) is 5.98. The van der Waals surface area contributed by atoms with E-state index >= 15 is 0 Å². The number of carbonyl (C=O) groups is 1. The minimum Gasteiger partial charge on any atom is -0.383 e. The fraction of sp³-hybridized carbons (Fsp3) is 0.538. The third-order valence-electron chi connectivity index (χ3n) is 6.72. The Balaban J connectivity index is 1.64. The minimum absolute atomic E-state index is 0.0535. The number of rotatable bonds is 10. The fourth-order valence-corrected chi connectivity index (χ4v) is 4.85. The number of ether oxygens (including phenoxy) is 1. The number of aromatic nitrogens is 4. The van der Waals surface area contributed by atoms with Crippen LogP contribution >= 0.6 is 0 Å². The maximum absolute atomic E-state index is 14.5. The van der Waals surface area contributed by atoms with Crippen molar-refractivity contribution < 1.29 is 18.3 Å². The summed E-state index contributed by atoms with van der Waals surface area (Å²) in [4.78, 5) is 28.6. The lowest BCUT2D eigenvalue weighted by molar-refractivity contribution is -0.137. The van der Waals surface area contributed by atoms with Crippen molar-refractivity contribution in [2.24, 2.45) is 5.92 Å². The van der Waals surface area contributed by atoms with E-state index in [0.29, 0.717) is 68.4 Å². The van der Waals surface area contributed by atoms with E-state index in [1.165, 1.54) is 18.2 Å². The Bertz CT molecular complexity index is 1200. The summed E-state index contributed by atoms with van der Waals surface area (Å²) in [5.41, 5.74) is 0.819. The second kappa shape index (κ2) is 11.8. The normalized spacial score (nSPS) is 17.8. The van der Waals surface area contributed by atoms with Crippen LogP contribution in [0.5, 0.6) is 0 Å². The van der Waals surface area contributed by atoms with E-state index in [0.717, 1.165) is 0 Å². The Morgan fingerprint density at radius 2 is 1.89 bits per heavy atom. The molecule has 4 rings (SSSR count). The number of likely N-dealkylation sites (N-methyl/N-ethyl adjacent to an activating group) is 1. The van der Waals surface area contributed by atoms with Crippen LogP contribution in [0.4, 0.5) is 26.4 Å². The largest absolute Gasteiger partial charge is 0.383 e. The van der Waals surface area contributed by atoms with Crippen LogP contribution in [-0.4, -0.2) is 63.2 Å². The number of anilines is 3. The van der Waals surface area contributed by atoms with Crippen molar-refractivity contribution in [1.29, 1.82) is 0 Å². The zero-order valence-electron chi connectivity index (χ0n) is 21.8.